The number of aliphatic carboxylic acids is 1. The van der Waals surface area contributed by atoms with Crippen LogP contribution in [-0.2, 0) is 19.1 Å². The molecule has 0 heterocycles. The fraction of sp³-hybridized carbons (Fsp3) is 0.375. The van der Waals surface area contributed by atoms with Crippen LogP contribution in [0, 0.1) is 5.92 Å². The number of fused-ring (bicyclic) bond motifs is 3. The molecule has 0 bridgehead atoms. The Morgan fingerprint density at radius 2 is 1.56 bits per heavy atom. The molecule has 3 N–H and O–H groups in total. The number of carboxylic acids is 1. The van der Waals surface area contributed by atoms with E-state index in [1.54, 1.807) is 13.8 Å². The summed E-state index contributed by atoms with van der Waals surface area (Å²) in [5.74, 6) is -2.12. The van der Waals surface area contributed by atoms with Gasteiger partial charge in [-0.3, -0.25) is 4.79 Å². The van der Waals surface area contributed by atoms with Crippen LogP contribution in [0.15, 0.2) is 48.5 Å². The zero-order valence-corrected chi connectivity index (χ0v) is 18.3. The summed E-state index contributed by atoms with van der Waals surface area (Å²) in [7, 11) is 1.31. The fourth-order valence-electron chi connectivity index (χ4n) is 3.87. The molecule has 170 valence electrons. The maximum atomic E-state index is 12.4. The molecule has 0 radical (unpaired) electrons. The minimum atomic E-state index is -1.13. The van der Waals surface area contributed by atoms with Gasteiger partial charge < -0.3 is 25.2 Å². The molecule has 0 spiro atoms. The highest BCUT2D eigenvalue weighted by Gasteiger charge is 2.30. The van der Waals surface area contributed by atoms with Crippen molar-refractivity contribution in [1.82, 2.24) is 10.6 Å². The van der Waals surface area contributed by atoms with E-state index < -0.39 is 30.1 Å². The number of carbonyl (C=O) groups is 3. The number of alkyl carbamates (subject to hydrolysis) is 1. The Hall–Kier alpha value is -3.39. The van der Waals surface area contributed by atoms with Gasteiger partial charge in [0.25, 0.3) is 5.91 Å². The van der Waals surface area contributed by atoms with Crippen molar-refractivity contribution in [3.05, 3.63) is 59.7 Å². The van der Waals surface area contributed by atoms with Crippen molar-refractivity contribution in [1.29, 1.82) is 0 Å². The maximum Gasteiger partial charge on any atom is 0.407 e. The quantitative estimate of drug-likeness (QED) is 0.553. The summed E-state index contributed by atoms with van der Waals surface area (Å²) in [6.45, 7) is 3.38. The number of amides is 2. The van der Waals surface area contributed by atoms with Gasteiger partial charge in [0, 0.05) is 13.0 Å². The summed E-state index contributed by atoms with van der Waals surface area (Å²) in [4.78, 5) is 35.9. The van der Waals surface area contributed by atoms with Crippen LogP contribution in [0.25, 0.3) is 11.1 Å². The Morgan fingerprint density at radius 1 is 1.00 bits per heavy atom. The number of hydrogen-bond acceptors (Lipinski definition) is 5. The number of nitrogens with one attached hydrogen (secondary N) is 2. The van der Waals surface area contributed by atoms with Crippen LogP contribution < -0.4 is 10.6 Å². The SMILES string of the molecule is COC(CNC(=O)OCC1c2ccccc2-c2ccccc21)C(=O)NC(C(=O)O)C(C)C. The molecule has 0 saturated heterocycles. The standard InChI is InChI=1S/C24H28N2O6/c1-14(2)21(23(28)29)26-22(27)20(31-3)12-25-24(30)32-13-19-17-10-6-4-8-15(17)16-9-5-7-11-18(16)19/h4-11,14,19-21H,12-13H2,1-3H3,(H,25,30)(H,26,27)(H,28,29). The van der Waals surface area contributed by atoms with Gasteiger partial charge in [0.15, 0.2) is 6.10 Å². The zero-order chi connectivity index (χ0) is 23.3. The molecule has 1 aliphatic rings. The van der Waals surface area contributed by atoms with Crippen LogP contribution in [0.4, 0.5) is 4.79 Å². The Bertz CT molecular complexity index is 944. The topological polar surface area (TPSA) is 114 Å². The smallest absolute Gasteiger partial charge is 0.407 e. The summed E-state index contributed by atoms with van der Waals surface area (Å²) in [5, 5.41) is 14.2. The molecule has 2 unspecified atom stereocenters. The molecule has 2 atom stereocenters. The second kappa shape index (κ2) is 10.3. The molecule has 1 aliphatic carbocycles. The Morgan fingerprint density at radius 3 is 2.06 bits per heavy atom. The first kappa shape index (κ1) is 23.3. The minimum absolute atomic E-state index is 0.0722. The lowest BCUT2D eigenvalue weighted by Crippen LogP contribution is -2.51. The van der Waals surface area contributed by atoms with Gasteiger partial charge in [0.1, 0.15) is 12.6 Å². The van der Waals surface area contributed by atoms with Crippen LogP contribution in [-0.4, -0.2) is 55.5 Å². The molecule has 32 heavy (non-hydrogen) atoms. The second-order valence-electron chi connectivity index (χ2n) is 8.00. The van der Waals surface area contributed by atoms with E-state index in [-0.39, 0.29) is 25.0 Å². The van der Waals surface area contributed by atoms with E-state index in [1.807, 2.05) is 36.4 Å². The summed E-state index contributed by atoms with van der Waals surface area (Å²) < 4.78 is 10.6. The number of ether oxygens (including phenoxy) is 2. The predicted octanol–water partition coefficient (Wildman–Crippen LogP) is 2.77. The van der Waals surface area contributed by atoms with E-state index in [9.17, 15) is 19.5 Å². The van der Waals surface area contributed by atoms with Crippen molar-refractivity contribution >= 4 is 18.0 Å². The molecule has 0 fully saturated rings. The van der Waals surface area contributed by atoms with Gasteiger partial charge in [-0.25, -0.2) is 9.59 Å². The van der Waals surface area contributed by atoms with Crippen molar-refractivity contribution in [3.63, 3.8) is 0 Å². The lowest BCUT2D eigenvalue weighted by molar-refractivity contribution is -0.145. The third-order valence-electron chi connectivity index (χ3n) is 5.58. The van der Waals surface area contributed by atoms with Gasteiger partial charge in [-0.05, 0) is 28.2 Å². The number of carboxylic acid groups (broad SMARTS) is 1. The Balaban J connectivity index is 1.56. The fourth-order valence-corrected chi connectivity index (χ4v) is 3.87. The van der Waals surface area contributed by atoms with Gasteiger partial charge in [-0.15, -0.1) is 0 Å². The summed E-state index contributed by atoms with van der Waals surface area (Å²) in [6.07, 6.45) is -1.73. The highest BCUT2D eigenvalue weighted by molar-refractivity contribution is 5.87. The van der Waals surface area contributed by atoms with Gasteiger partial charge in [-0.1, -0.05) is 62.4 Å². The summed E-state index contributed by atoms with van der Waals surface area (Å²) in [5.41, 5.74) is 4.46. The van der Waals surface area contributed by atoms with Crippen molar-refractivity contribution in [2.45, 2.75) is 31.9 Å². The predicted molar refractivity (Wildman–Crippen MR) is 118 cm³/mol. The van der Waals surface area contributed by atoms with E-state index in [1.165, 1.54) is 7.11 Å². The molecular weight excluding hydrogens is 412 g/mol. The third-order valence-corrected chi connectivity index (χ3v) is 5.58. The molecule has 2 aromatic rings. The van der Waals surface area contributed by atoms with E-state index in [4.69, 9.17) is 9.47 Å². The number of hydrogen-bond donors (Lipinski definition) is 3. The van der Waals surface area contributed by atoms with Crippen LogP contribution >= 0.6 is 0 Å². The lowest BCUT2D eigenvalue weighted by Gasteiger charge is -2.22. The Labute approximate surface area is 186 Å². The van der Waals surface area contributed by atoms with E-state index >= 15 is 0 Å². The molecule has 0 aliphatic heterocycles. The van der Waals surface area contributed by atoms with E-state index in [2.05, 4.69) is 22.8 Å². The number of benzene rings is 2. The minimum Gasteiger partial charge on any atom is -0.480 e. The number of rotatable bonds is 9. The number of methoxy groups -OCH3 is 1. The largest absolute Gasteiger partial charge is 0.480 e. The molecular formula is C24H28N2O6. The normalized spacial score (nSPS) is 14.2. The third kappa shape index (κ3) is 5.08. The maximum absolute atomic E-state index is 12.4. The van der Waals surface area contributed by atoms with Crippen molar-refractivity contribution in [3.8, 4) is 11.1 Å². The van der Waals surface area contributed by atoms with E-state index in [0.717, 1.165) is 22.3 Å². The molecule has 2 amide bonds. The highest BCUT2D eigenvalue weighted by Crippen LogP contribution is 2.44. The molecule has 3 rings (SSSR count). The van der Waals surface area contributed by atoms with Crippen LogP contribution in [0.1, 0.15) is 30.9 Å². The van der Waals surface area contributed by atoms with Crippen LogP contribution in [0.5, 0.6) is 0 Å². The molecule has 0 aromatic heterocycles. The average Bonchev–Trinajstić information content (AvgIpc) is 3.09. The lowest BCUT2D eigenvalue weighted by atomic mass is 9.98. The van der Waals surface area contributed by atoms with Crippen molar-refractivity contribution in [2.24, 2.45) is 5.92 Å². The van der Waals surface area contributed by atoms with Gasteiger partial charge in [0.05, 0.1) is 6.54 Å². The summed E-state index contributed by atoms with van der Waals surface area (Å²) in [6, 6.07) is 15.0. The molecule has 8 heteroatoms. The van der Waals surface area contributed by atoms with Crippen molar-refractivity contribution < 1.29 is 29.0 Å². The van der Waals surface area contributed by atoms with Crippen LogP contribution in [0.3, 0.4) is 0 Å². The van der Waals surface area contributed by atoms with Crippen molar-refractivity contribution in [2.75, 3.05) is 20.3 Å². The van der Waals surface area contributed by atoms with Gasteiger partial charge >= 0.3 is 12.1 Å². The summed E-state index contributed by atoms with van der Waals surface area (Å²) >= 11 is 0. The van der Waals surface area contributed by atoms with E-state index in [0.29, 0.717) is 0 Å². The number of carbonyl (C=O) groups excluding carboxylic acids is 2. The first-order valence-corrected chi connectivity index (χ1v) is 10.5. The molecule has 8 nitrogen and oxygen atoms in total. The average molecular weight is 440 g/mol. The molecule has 2 aromatic carbocycles. The molecule has 0 saturated carbocycles. The highest BCUT2D eigenvalue weighted by atomic mass is 16.5. The van der Waals surface area contributed by atoms with Gasteiger partial charge in [0.2, 0.25) is 0 Å². The first-order chi connectivity index (χ1) is 15.3. The van der Waals surface area contributed by atoms with Gasteiger partial charge in [-0.2, -0.15) is 0 Å². The van der Waals surface area contributed by atoms with Crippen LogP contribution in [0.2, 0.25) is 0 Å². The second-order valence-corrected chi connectivity index (χ2v) is 8.00. The first-order valence-electron chi connectivity index (χ1n) is 10.5. The monoisotopic (exact) mass is 440 g/mol. The Kier molecular flexibility index (Phi) is 7.48. The zero-order valence-electron chi connectivity index (χ0n) is 18.3.